The average molecular weight is 452 g/mol. The quantitative estimate of drug-likeness (QED) is 0.568. The minimum atomic E-state index is -0.102. The highest BCUT2D eigenvalue weighted by Crippen LogP contribution is 2.29. The van der Waals surface area contributed by atoms with Crippen molar-refractivity contribution in [3.05, 3.63) is 60.2 Å². The van der Waals surface area contributed by atoms with E-state index >= 15 is 0 Å². The number of likely N-dealkylation sites (N-methyl/N-ethyl adjacent to an activating group) is 1. The van der Waals surface area contributed by atoms with Crippen LogP contribution in [0.2, 0.25) is 0 Å². The highest BCUT2D eigenvalue weighted by molar-refractivity contribution is 5.69. The highest BCUT2D eigenvalue weighted by atomic mass is 16.5. The summed E-state index contributed by atoms with van der Waals surface area (Å²) in [6, 6.07) is 18.9. The Morgan fingerprint density at radius 1 is 0.970 bits per heavy atom. The number of methoxy groups -OCH3 is 1. The van der Waals surface area contributed by atoms with Crippen LogP contribution in [-0.2, 0) is 16.1 Å². The first-order valence-electron chi connectivity index (χ1n) is 12.1. The molecule has 0 aromatic heterocycles. The summed E-state index contributed by atoms with van der Waals surface area (Å²) in [5.41, 5.74) is 1.26. The van der Waals surface area contributed by atoms with Gasteiger partial charge in [-0.05, 0) is 62.2 Å². The summed E-state index contributed by atoms with van der Waals surface area (Å²) < 4.78 is 11.0. The molecule has 0 saturated carbocycles. The lowest BCUT2D eigenvalue weighted by Crippen LogP contribution is -2.56. The molecule has 2 aliphatic rings. The molecule has 2 heterocycles. The third-order valence-corrected chi connectivity index (χ3v) is 7.02. The van der Waals surface area contributed by atoms with Gasteiger partial charge < -0.3 is 14.4 Å². The first-order valence-corrected chi connectivity index (χ1v) is 12.1. The van der Waals surface area contributed by atoms with Crippen molar-refractivity contribution in [2.45, 2.75) is 31.8 Å². The molecule has 2 aromatic carbocycles. The van der Waals surface area contributed by atoms with Crippen LogP contribution in [-0.4, -0.2) is 80.1 Å². The number of carbonyl (C=O) groups is 1. The van der Waals surface area contributed by atoms with Crippen LogP contribution in [0.5, 0.6) is 11.5 Å². The highest BCUT2D eigenvalue weighted by Gasteiger charge is 2.34. The summed E-state index contributed by atoms with van der Waals surface area (Å²) in [4.78, 5) is 19.5. The van der Waals surface area contributed by atoms with E-state index in [0.29, 0.717) is 18.4 Å². The second-order valence-electron chi connectivity index (χ2n) is 9.37. The van der Waals surface area contributed by atoms with Crippen molar-refractivity contribution in [3.63, 3.8) is 0 Å². The molecular weight excluding hydrogens is 414 g/mol. The Morgan fingerprint density at radius 2 is 1.73 bits per heavy atom. The summed E-state index contributed by atoms with van der Waals surface area (Å²) in [7, 11) is 3.68. The lowest BCUT2D eigenvalue weighted by molar-refractivity contribution is -0.141. The number of carbonyl (C=O) groups excluding carboxylic acids is 1. The van der Waals surface area contributed by atoms with Gasteiger partial charge in [0.1, 0.15) is 11.5 Å². The van der Waals surface area contributed by atoms with Gasteiger partial charge in [-0.15, -0.1) is 0 Å². The normalized spacial score (nSPS) is 22.7. The molecule has 2 aliphatic heterocycles. The Labute approximate surface area is 198 Å². The van der Waals surface area contributed by atoms with Crippen LogP contribution in [0.1, 0.15) is 24.8 Å². The van der Waals surface area contributed by atoms with Crippen molar-refractivity contribution in [1.82, 2.24) is 14.7 Å². The number of hydrogen-bond donors (Lipinski definition) is 0. The van der Waals surface area contributed by atoms with E-state index in [0.717, 1.165) is 70.2 Å². The second kappa shape index (κ2) is 11.6. The van der Waals surface area contributed by atoms with Crippen molar-refractivity contribution >= 4 is 5.97 Å². The zero-order valence-electron chi connectivity index (χ0n) is 20.0. The van der Waals surface area contributed by atoms with Crippen LogP contribution in [0.4, 0.5) is 0 Å². The Bertz CT molecular complexity index is 883. The van der Waals surface area contributed by atoms with Gasteiger partial charge in [-0.2, -0.15) is 0 Å². The number of likely N-dealkylation sites (tertiary alicyclic amines) is 1. The first kappa shape index (κ1) is 23.7. The lowest BCUT2D eigenvalue weighted by Gasteiger charge is -2.46. The molecule has 2 atom stereocenters. The predicted molar refractivity (Wildman–Crippen MR) is 130 cm³/mol. The minimum Gasteiger partial charge on any atom is -0.469 e. The van der Waals surface area contributed by atoms with Gasteiger partial charge in [-0.1, -0.05) is 30.3 Å². The molecule has 33 heavy (non-hydrogen) atoms. The van der Waals surface area contributed by atoms with Crippen molar-refractivity contribution in [2.75, 3.05) is 53.4 Å². The topological polar surface area (TPSA) is 45.2 Å². The molecule has 0 N–H and O–H groups in total. The summed E-state index contributed by atoms with van der Waals surface area (Å²) in [5, 5.41) is 0. The van der Waals surface area contributed by atoms with Gasteiger partial charge in [-0.25, -0.2) is 0 Å². The molecule has 2 fully saturated rings. The summed E-state index contributed by atoms with van der Waals surface area (Å²) >= 11 is 0. The van der Waals surface area contributed by atoms with E-state index in [1.807, 2.05) is 36.4 Å². The Kier molecular flexibility index (Phi) is 8.37. The maximum absolute atomic E-state index is 11.9. The van der Waals surface area contributed by atoms with Crippen LogP contribution in [0, 0.1) is 5.92 Å². The zero-order valence-corrected chi connectivity index (χ0v) is 20.0. The number of esters is 1. The molecule has 178 valence electrons. The van der Waals surface area contributed by atoms with E-state index < -0.39 is 0 Å². The summed E-state index contributed by atoms with van der Waals surface area (Å²) in [6.07, 6.45) is 2.53. The minimum absolute atomic E-state index is 0.102. The van der Waals surface area contributed by atoms with E-state index in [1.165, 1.54) is 12.7 Å². The molecule has 0 amide bonds. The van der Waals surface area contributed by atoms with Crippen LogP contribution in [0.15, 0.2) is 54.6 Å². The number of rotatable bonds is 8. The Balaban J connectivity index is 1.39. The fourth-order valence-electron chi connectivity index (χ4n) is 5.15. The molecule has 6 heteroatoms. The van der Waals surface area contributed by atoms with Crippen molar-refractivity contribution < 1.29 is 14.3 Å². The molecule has 2 aromatic rings. The fourth-order valence-corrected chi connectivity index (χ4v) is 5.15. The largest absolute Gasteiger partial charge is 0.469 e. The number of benzene rings is 2. The van der Waals surface area contributed by atoms with Crippen LogP contribution in [0.25, 0.3) is 0 Å². The Morgan fingerprint density at radius 3 is 2.48 bits per heavy atom. The maximum Gasteiger partial charge on any atom is 0.305 e. The third kappa shape index (κ3) is 6.79. The predicted octanol–water partition coefficient (Wildman–Crippen LogP) is 3.87. The maximum atomic E-state index is 11.9. The van der Waals surface area contributed by atoms with Crippen LogP contribution in [0.3, 0.4) is 0 Å². The standard InChI is InChI=1S/C27H37N3O3/c1-28-15-17-30(18-16-28)26-13-14-29(21-23(26)11-12-27(31)32-2)20-22-7-6-10-25(19-22)33-24-8-4-3-5-9-24/h3-10,19,23,26H,11-18,20-21H2,1-2H3/t23-,26+/m0/s1. The van der Waals surface area contributed by atoms with Gasteiger partial charge in [0.05, 0.1) is 7.11 Å². The molecule has 4 rings (SSSR count). The van der Waals surface area contributed by atoms with E-state index in [4.69, 9.17) is 9.47 Å². The van der Waals surface area contributed by atoms with E-state index in [1.54, 1.807) is 0 Å². The van der Waals surface area contributed by atoms with Gasteiger partial charge in [0.15, 0.2) is 0 Å². The van der Waals surface area contributed by atoms with Gasteiger partial charge in [-0.3, -0.25) is 14.6 Å². The number of nitrogens with zero attached hydrogens (tertiary/aromatic N) is 3. The van der Waals surface area contributed by atoms with Crippen LogP contribution >= 0.6 is 0 Å². The van der Waals surface area contributed by atoms with Gasteiger partial charge >= 0.3 is 5.97 Å². The molecule has 0 spiro atoms. The lowest BCUT2D eigenvalue weighted by atomic mass is 9.86. The smallest absolute Gasteiger partial charge is 0.305 e. The average Bonchev–Trinajstić information content (AvgIpc) is 2.84. The van der Waals surface area contributed by atoms with Gasteiger partial charge in [0.2, 0.25) is 0 Å². The van der Waals surface area contributed by atoms with Crippen molar-refractivity contribution in [1.29, 1.82) is 0 Å². The molecule has 0 aliphatic carbocycles. The SMILES string of the molecule is COC(=O)CC[C@H]1CN(Cc2cccc(Oc3ccccc3)c2)CC[C@H]1N1CCN(C)CC1. The number of piperidine rings is 1. The number of para-hydroxylation sites is 1. The van der Waals surface area contributed by atoms with Gasteiger partial charge in [0.25, 0.3) is 0 Å². The molecule has 0 bridgehead atoms. The number of hydrogen-bond acceptors (Lipinski definition) is 6. The molecule has 6 nitrogen and oxygen atoms in total. The third-order valence-electron chi connectivity index (χ3n) is 7.02. The van der Waals surface area contributed by atoms with Crippen LogP contribution < -0.4 is 4.74 Å². The molecule has 0 radical (unpaired) electrons. The number of ether oxygens (including phenoxy) is 2. The number of piperazine rings is 1. The molecule has 0 unspecified atom stereocenters. The molecular formula is C27H37N3O3. The fraction of sp³-hybridized carbons (Fsp3) is 0.519. The van der Waals surface area contributed by atoms with E-state index in [-0.39, 0.29) is 5.97 Å². The summed E-state index contributed by atoms with van der Waals surface area (Å²) in [6.45, 7) is 7.48. The van der Waals surface area contributed by atoms with Crippen molar-refractivity contribution in [3.8, 4) is 11.5 Å². The monoisotopic (exact) mass is 451 g/mol. The van der Waals surface area contributed by atoms with E-state index in [9.17, 15) is 4.79 Å². The van der Waals surface area contributed by atoms with Gasteiger partial charge in [0, 0.05) is 51.7 Å². The zero-order chi connectivity index (χ0) is 23.0. The summed E-state index contributed by atoms with van der Waals surface area (Å²) in [5.74, 6) is 2.10. The van der Waals surface area contributed by atoms with E-state index in [2.05, 4.69) is 39.9 Å². The second-order valence-corrected chi connectivity index (χ2v) is 9.37. The first-order chi connectivity index (χ1) is 16.1. The molecule has 2 saturated heterocycles. The Hall–Kier alpha value is -2.41. The van der Waals surface area contributed by atoms with Crippen molar-refractivity contribution in [2.24, 2.45) is 5.92 Å².